The first-order valence-corrected chi connectivity index (χ1v) is 7.97. The summed E-state index contributed by atoms with van der Waals surface area (Å²) in [6.07, 6.45) is 4.13. The van der Waals surface area contributed by atoms with Crippen molar-refractivity contribution in [3.05, 3.63) is 23.8 Å². The van der Waals surface area contributed by atoms with Crippen molar-refractivity contribution in [2.24, 2.45) is 0 Å². The minimum Gasteiger partial charge on any atom is -0.360 e. The number of aryl methyl sites for hydroxylation is 1. The summed E-state index contributed by atoms with van der Waals surface area (Å²) in [6.45, 7) is 6.79. The molecule has 1 aliphatic rings. The van der Waals surface area contributed by atoms with Gasteiger partial charge in [0.15, 0.2) is 5.13 Å². The summed E-state index contributed by atoms with van der Waals surface area (Å²) in [6, 6.07) is 6.38. The summed E-state index contributed by atoms with van der Waals surface area (Å²) in [7, 11) is 0. The lowest BCUT2D eigenvalue weighted by molar-refractivity contribution is 0.237. The van der Waals surface area contributed by atoms with Gasteiger partial charge in [0.1, 0.15) is 0 Å². The van der Waals surface area contributed by atoms with E-state index in [-0.39, 0.29) is 0 Å². The van der Waals surface area contributed by atoms with E-state index in [1.54, 1.807) is 11.3 Å². The monoisotopic (exact) mass is 275 g/mol. The molecule has 0 bridgehead atoms. The van der Waals surface area contributed by atoms with Crippen LogP contribution < -0.4 is 5.32 Å². The van der Waals surface area contributed by atoms with E-state index >= 15 is 0 Å². The topological polar surface area (TPSA) is 28.2 Å². The number of hydrogen-bond acceptors (Lipinski definition) is 4. The molecule has 19 heavy (non-hydrogen) atoms. The summed E-state index contributed by atoms with van der Waals surface area (Å²) in [4.78, 5) is 7.23. The van der Waals surface area contributed by atoms with E-state index in [1.165, 1.54) is 42.6 Å². The SMILES string of the molecule is Cc1cccc2sc(NCCN3CCCCC3)nc12. The van der Waals surface area contributed by atoms with Crippen molar-refractivity contribution < 1.29 is 0 Å². The van der Waals surface area contributed by atoms with Crippen LogP contribution in [0, 0.1) is 6.92 Å². The number of rotatable bonds is 4. The third-order valence-corrected chi connectivity index (χ3v) is 4.75. The van der Waals surface area contributed by atoms with Crippen molar-refractivity contribution >= 4 is 26.7 Å². The number of fused-ring (bicyclic) bond motifs is 1. The Kier molecular flexibility index (Phi) is 3.99. The highest BCUT2D eigenvalue weighted by Crippen LogP contribution is 2.27. The molecule has 0 radical (unpaired) electrons. The number of benzene rings is 1. The van der Waals surface area contributed by atoms with Crippen molar-refractivity contribution in [1.29, 1.82) is 0 Å². The number of aromatic nitrogens is 1. The lowest BCUT2D eigenvalue weighted by Crippen LogP contribution is -2.33. The van der Waals surface area contributed by atoms with Gasteiger partial charge in [-0.05, 0) is 44.5 Å². The van der Waals surface area contributed by atoms with Gasteiger partial charge in [0.2, 0.25) is 0 Å². The summed E-state index contributed by atoms with van der Waals surface area (Å²) >= 11 is 1.76. The molecule has 0 amide bonds. The van der Waals surface area contributed by atoms with E-state index in [9.17, 15) is 0 Å². The minimum atomic E-state index is 0.999. The number of thiazole rings is 1. The van der Waals surface area contributed by atoms with Gasteiger partial charge in [0.05, 0.1) is 10.2 Å². The van der Waals surface area contributed by atoms with Crippen molar-refractivity contribution in [3.63, 3.8) is 0 Å². The van der Waals surface area contributed by atoms with Crippen LogP contribution in [0.2, 0.25) is 0 Å². The molecule has 4 heteroatoms. The summed E-state index contributed by atoms with van der Waals surface area (Å²) in [5.74, 6) is 0. The van der Waals surface area contributed by atoms with Gasteiger partial charge in [-0.15, -0.1) is 0 Å². The Morgan fingerprint density at radius 2 is 2.11 bits per heavy atom. The molecule has 0 unspecified atom stereocenters. The molecule has 3 rings (SSSR count). The van der Waals surface area contributed by atoms with Crippen LogP contribution in [0.5, 0.6) is 0 Å². The predicted octanol–water partition coefficient (Wildman–Crippen LogP) is 3.50. The quantitative estimate of drug-likeness (QED) is 0.925. The van der Waals surface area contributed by atoms with Gasteiger partial charge in [-0.25, -0.2) is 4.98 Å². The van der Waals surface area contributed by atoms with Gasteiger partial charge in [0.25, 0.3) is 0 Å². The number of anilines is 1. The first kappa shape index (κ1) is 12.9. The zero-order valence-corrected chi connectivity index (χ0v) is 12.3. The van der Waals surface area contributed by atoms with Crippen LogP contribution in [0.15, 0.2) is 18.2 Å². The molecule has 0 atom stereocenters. The number of nitrogens with one attached hydrogen (secondary N) is 1. The average molecular weight is 275 g/mol. The van der Waals surface area contributed by atoms with E-state index < -0.39 is 0 Å². The van der Waals surface area contributed by atoms with E-state index in [1.807, 2.05) is 0 Å². The highest BCUT2D eigenvalue weighted by atomic mass is 32.1. The molecule has 1 aliphatic heterocycles. The highest BCUT2D eigenvalue weighted by Gasteiger charge is 2.10. The average Bonchev–Trinajstić information content (AvgIpc) is 2.84. The van der Waals surface area contributed by atoms with E-state index in [4.69, 9.17) is 0 Å². The third-order valence-electron chi connectivity index (χ3n) is 3.77. The number of piperidine rings is 1. The van der Waals surface area contributed by atoms with Gasteiger partial charge < -0.3 is 10.2 Å². The van der Waals surface area contributed by atoms with E-state index in [2.05, 4.69) is 40.3 Å². The molecule has 3 nitrogen and oxygen atoms in total. The van der Waals surface area contributed by atoms with Crippen LogP contribution in [0.1, 0.15) is 24.8 Å². The third kappa shape index (κ3) is 3.07. The standard InChI is InChI=1S/C15H21N3S/c1-12-6-5-7-13-14(12)17-15(19-13)16-8-11-18-9-3-2-4-10-18/h5-7H,2-4,8-11H2,1H3,(H,16,17). The van der Waals surface area contributed by atoms with Crippen molar-refractivity contribution in [2.45, 2.75) is 26.2 Å². The molecular weight excluding hydrogens is 254 g/mol. The van der Waals surface area contributed by atoms with Crippen LogP contribution >= 0.6 is 11.3 Å². The van der Waals surface area contributed by atoms with E-state index in [0.29, 0.717) is 0 Å². The van der Waals surface area contributed by atoms with Crippen LogP contribution in [0.4, 0.5) is 5.13 Å². The Morgan fingerprint density at radius 3 is 2.89 bits per heavy atom. The maximum Gasteiger partial charge on any atom is 0.183 e. The molecule has 1 aromatic carbocycles. The Morgan fingerprint density at radius 1 is 1.26 bits per heavy atom. The maximum absolute atomic E-state index is 4.68. The molecule has 0 saturated carbocycles. The molecule has 2 aromatic rings. The van der Waals surface area contributed by atoms with Crippen molar-refractivity contribution in [2.75, 3.05) is 31.5 Å². The zero-order chi connectivity index (χ0) is 13.1. The van der Waals surface area contributed by atoms with Gasteiger partial charge >= 0.3 is 0 Å². The van der Waals surface area contributed by atoms with Gasteiger partial charge in [-0.1, -0.05) is 29.9 Å². The fourth-order valence-electron chi connectivity index (χ4n) is 2.67. The summed E-state index contributed by atoms with van der Waals surface area (Å²) in [5, 5.41) is 4.53. The molecule has 0 aliphatic carbocycles. The number of hydrogen-bond donors (Lipinski definition) is 1. The highest BCUT2D eigenvalue weighted by molar-refractivity contribution is 7.22. The molecule has 0 spiro atoms. The predicted molar refractivity (Wildman–Crippen MR) is 83.1 cm³/mol. The lowest BCUT2D eigenvalue weighted by atomic mass is 10.1. The van der Waals surface area contributed by atoms with Crippen molar-refractivity contribution in [3.8, 4) is 0 Å². The second kappa shape index (κ2) is 5.88. The number of nitrogens with zero attached hydrogens (tertiary/aromatic N) is 2. The van der Waals surface area contributed by atoms with Crippen LogP contribution in [-0.4, -0.2) is 36.1 Å². The maximum atomic E-state index is 4.68. The second-order valence-electron chi connectivity index (χ2n) is 5.27. The Bertz CT molecular complexity index is 543. The van der Waals surface area contributed by atoms with Crippen LogP contribution in [0.25, 0.3) is 10.2 Å². The zero-order valence-electron chi connectivity index (χ0n) is 11.5. The largest absolute Gasteiger partial charge is 0.360 e. The Balaban J connectivity index is 1.57. The Labute approximate surface area is 118 Å². The molecule has 1 saturated heterocycles. The fraction of sp³-hybridized carbons (Fsp3) is 0.533. The van der Waals surface area contributed by atoms with Crippen LogP contribution in [-0.2, 0) is 0 Å². The first-order valence-electron chi connectivity index (χ1n) is 7.15. The van der Waals surface area contributed by atoms with Crippen LogP contribution in [0.3, 0.4) is 0 Å². The van der Waals surface area contributed by atoms with Gasteiger partial charge in [0, 0.05) is 13.1 Å². The summed E-state index contributed by atoms with van der Waals surface area (Å²) < 4.78 is 1.28. The molecule has 2 heterocycles. The molecule has 1 N–H and O–H groups in total. The smallest absolute Gasteiger partial charge is 0.183 e. The first-order chi connectivity index (χ1) is 9.33. The van der Waals surface area contributed by atoms with Gasteiger partial charge in [-0.2, -0.15) is 0 Å². The second-order valence-corrected chi connectivity index (χ2v) is 6.30. The fourth-order valence-corrected chi connectivity index (χ4v) is 3.64. The lowest BCUT2D eigenvalue weighted by Gasteiger charge is -2.26. The minimum absolute atomic E-state index is 0.999. The Hall–Kier alpha value is -1.13. The molecule has 1 fully saturated rings. The molecule has 102 valence electrons. The molecular formula is C15H21N3S. The van der Waals surface area contributed by atoms with E-state index in [0.717, 1.165) is 23.7 Å². The molecule has 1 aromatic heterocycles. The van der Waals surface area contributed by atoms with Gasteiger partial charge in [-0.3, -0.25) is 0 Å². The summed E-state index contributed by atoms with van der Waals surface area (Å²) in [5.41, 5.74) is 2.41. The van der Waals surface area contributed by atoms with Crippen molar-refractivity contribution in [1.82, 2.24) is 9.88 Å². The number of likely N-dealkylation sites (tertiary alicyclic amines) is 1. The number of para-hydroxylation sites is 1. The normalized spacial score (nSPS) is 16.9.